The minimum absolute atomic E-state index is 0.0886. The average Bonchev–Trinajstić information content (AvgIpc) is 2.35. The van der Waals surface area contributed by atoms with Gasteiger partial charge in [-0.1, -0.05) is 19.9 Å². The Morgan fingerprint density at radius 1 is 1.56 bits per heavy atom. The van der Waals surface area contributed by atoms with Gasteiger partial charge in [0, 0.05) is 25.7 Å². The van der Waals surface area contributed by atoms with Gasteiger partial charge >= 0.3 is 0 Å². The molecule has 1 fully saturated rings. The SMILES string of the molecule is C=CC(=O)NCC(CCC)N1CCOCC1. The fourth-order valence-corrected chi connectivity index (χ4v) is 1.98. The van der Waals surface area contributed by atoms with Crippen molar-refractivity contribution in [2.75, 3.05) is 32.8 Å². The normalized spacial score (nSPS) is 19.1. The number of nitrogens with one attached hydrogen (secondary N) is 1. The number of nitrogens with zero attached hydrogens (tertiary/aromatic N) is 1. The largest absolute Gasteiger partial charge is 0.379 e. The van der Waals surface area contributed by atoms with Gasteiger partial charge in [-0.25, -0.2) is 0 Å². The maximum atomic E-state index is 11.1. The zero-order chi connectivity index (χ0) is 11.8. The van der Waals surface area contributed by atoms with Crippen molar-refractivity contribution < 1.29 is 9.53 Å². The van der Waals surface area contributed by atoms with Crippen LogP contribution < -0.4 is 5.32 Å². The molecular formula is C12H22N2O2. The Bertz CT molecular complexity index is 225. The van der Waals surface area contributed by atoms with Crippen LogP contribution in [0.15, 0.2) is 12.7 Å². The summed E-state index contributed by atoms with van der Waals surface area (Å²) in [5, 5.41) is 2.88. The summed E-state index contributed by atoms with van der Waals surface area (Å²) in [6.45, 7) is 9.86. The minimum atomic E-state index is -0.0886. The van der Waals surface area contributed by atoms with Gasteiger partial charge in [-0.2, -0.15) is 0 Å². The van der Waals surface area contributed by atoms with Gasteiger partial charge < -0.3 is 10.1 Å². The fraction of sp³-hybridized carbons (Fsp3) is 0.750. The average molecular weight is 226 g/mol. The maximum absolute atomic E-state index is 11.1. The summed E-state index contributed by atoms with van der Waals surface area (Å²) in [6, 6.07) is 0.429. The lowest BCUT2D eigenvalue weighted by Crippen LogP contribution is -2.48. The highest BCUT2D eigenvalue weighted by Gasteiger charge is 2.20. The minimum Gasteiger partial charge on any atom is -0.379 e. The molecule has 0 aromatic heterocycles. The van der Waals surface area contributed by atoms with Crippen molar-refractivity contribution in [2.24, 2.45) is 0 Å². The van der Waals surface area contributed by atoms with Gasteiger partial charge in [-0.05, 0) is 12.5 Å². The molecule has 16 heavy (non-hydrogen) atoms. The van der Waals surface area contributed by atoms with Crippen LogP contribution in [0, 0.1) is 0 Å². The van der Waals surface area contributed by atoms with Crippen LogP contribution >= 0.6 is 0 Å². The quantitative estimate of drug-likeness (QED) is 0.681. The first-order valence-corrected chi connectivity index (χ1v) is 6.00. The van der Waals surface area contributed by atoms with E-state index in [0.29, 0.717) is 12.6 Å². The standard InChI is InChI=1S/C12H22N2O2/c1-3-5-11(10-13-12(15)4-2)14-6-8-16-9-7-14/h4,11H,2-3,5-10H2,1H3,(H,13,15). The zero-order valence-corrected chi connectivity index (χ0v) is 10.1. The lowest BCUT2D eigenvalue weighted by molar-refractivity contribution is -0.116. The first-order valence-electron chi connectivity index (χ1n) is 6.00. The molecule has 0 saturated carbocycles. The highest BCUT2D eigenvalue weighted by atomic mass is 16.5. The molecule has 1 aliphatic heterocycles. The van der Waals surface area contributed by atoms with E-state index in [-0.39, 0.29) is 5.91 Å². The van der Waals surface area contributed by atoms with E-state index < -0.39 is 0 Å². The van der Waals surface area contributed by atoms with Crippen LogP contribution in [-0.2, 0) is 9.53 Å². The lowest BCUT2D eigenvalue weighted by Gasteiger charge is -2.34. The Kier molecular flexibility index (Phi) is 6.11. The van der Waals surface area contributed by atoms with E-state index >= 15 is 0 Å². The molecule has 1 atom stereocenters. The van der Waals surface area contributed by atoms with Crippen LogP contribution in [0.25, 0.3) is 0 Å². The summed E-state index contributed by atoms with van der Waals surface area (Å²) >= 11 is 0. The van der Waals surface area contributed by atoms with Gasteiger partial charge in [0.15, 0.2) is 0 Å². The van der Waals surface area contributed by atoms with E-state index in [4.69, 9.17) is 4.74 Å². The molecule has 0 bridgehead atoms. The molecule has 0 aromatic rings. The van der Waals surface area contributed by atoms with Crippen LogP contribution in [0.3, 0.4) is 0 Å². The van der Waals surface area contributed by atoms with E-state index in [9.17, 15) is 4.79 Å². The Morgan fingerprint density at radius 2 is 2.25 bits per heavy atom. The van der Waals surface area contributed by atoms with Gasteiger partial charge in [-0.3, -0.25) is 9.69 Å². The third-order valence-electron chi connectivity index (χ3n) is 2.88. The van der Waals surface area contributed by atoms with Gasteiger partial charge in [0.25, 0.3) is 0 Å². The van der Waals surface area contributed by atoms with Gasteiger partial charge in [0.2, 0.25) is 5.91 Å². The van der Waals surface area contributed by atoms with Crippen molar-refractivity contribution in [1.82, 2.24) is 10.2 Å². The van der Waals surface area contributed by atoms with Crippen LogP contribution in [0.1, 0.15) is 19.8 Å². The molecule has 1 unspecified atom stereocenters. The first kappa shape index (κ1) is 13.2. The molecule has 4 nitrogen and oxygen atoms in total. The summed E-state index contributed by atoms with van der Waals surface area (Å²) in [4.78, 5) is 13.5. The maximum Gasteiger partial charge on any atom is 0.243 e. The van der Waals surface area contributed by atoms with Crippen LogP contribution in [0.5, 0.6) is 0 Å². The molecule has 1 heterocycles. The molecule has 1 rings (SSSR count). The molecule has 1 amide bonds. The summed E-state index contributed by atoms with van der Waals surface area (Å²) in [5.41, 5.74) is 0. The number of hydrogen-bond donors (Lipinski definition) is 1. The third kappa shape index (κ3) is 4.33. The Morgan fingerprint density at radius 3 is 2.81 bits per heavy atom. The van der Waals surface area contributed by atoms with E-state index in [2.05, 4.69) is 23.7 Å². The van der Waals surface area contributed by atoms with Crippen LogP contribution in [0.4, 0.5) is 0 Å². The Balaban J connectivity index is 2.38. The van der Waals surface area contributed by atoms with Gasteiger partial charge in [0.05, 0.1) is 13.2 Å². The molecule has 1 saturated heterocycles. The fourth-order valence-electron chi connectivity index (χ4n) is 1.98. The van der Waals surface area contributed by atoms with E-state index in [0.717, 1.165) is 39.1 Å². The first-order chi connectivity index (χ1) is 7.77. The molecule has 0 radical (unpaired) electrons. The predicted octanol–water partition coefficient (Wildman–Crippen LogP) is 0.789. The second-order valence-corrected chi connectivity index (χ2v) is 4.04. The second-order valence-electron chi connectivity index (χ2n) is 4.04. The second kappa shape index (κ2) is 7.41. The zero-order valence-electron chi connectivity index (χ0n) is 10.1. The monoisotopic (exact) mass is 226 g/mol. The van der Waals surface area contributed by atoms with E-state index in [1.165, 1.54) is 6.08 Å². The van der Waals surface area contributed by atoms with E-state index in [1.54, 1.807) is 0 Å². The van der Waals surface area contributed by atoms with Crippen LogP contribution in [0.2, 0.25) is 0 Å². The van der Waals surface area contributed by atoms with Crippen molar-refractivity contribution in [1.29, 1.82) is 0 Å². The Labute approximate surface area is 97.6 Å². The third-order valence-corrected chi connectivity index (χ3v) is 2.88. The molecule has 1 aliphatic rings. The summed E-state index contributed by atoms with van der Waals surface area (Å²) in [6.07, 6.45) is 3.56. The smallest absolute Gasteiger partial charge is 0.243 e. The number of carbonyl (C=O) groups excluding carboxylic acids is 1. The molecule has 4 heteroatoms. The van der Waals surface area contributed by atoms with Crippen molar-refractivity contribution in [2.45, 2.75) is 25.8 Å². The molecule has 92 valence electrons. The van der Waals surface area contributed by atoms with Crippen molar-refractivity contribution in [3.63, 3.8) is 0 Å². The molecular weight excluding hydrogens is 204 g/mol. The van der Waals surface area contributed by atoms with Gasteiger partial charge in [0.1, 0.15) is 0 Å². The molecule has 1 N–H and O–H groups in total. The van der Waals surface area contributed by atoms with E-state index in [1.807, 2.05) is 0 Å². The molecule has 0 aromatic carbocycles. The number of rotatable bonds is 6. The molecule has 0 aliphatic carbocycles. The summed E-state index contributed by atoms with van der Waals surface area (Å²) in [5.74, 6) is -0.0886. The molecule has 0 spiro atoms. The van der Waals surface area contributed by atoms with Gasteiger partial charge in [-0.15, -0.1) is 0 Å². The predicted molar refractivity (Wildman–Crippen MR) is 64.3 cm³/mol. The topological polar surface area (TPSA) is 41.6 Å². The Hall–Kier alpha value is -0.870. The van der Waals surface area contributed by atoms with Crippen LogP contribution in [-0.4, -0.2) is 49.7 Å². The van der Waals surface area contributed by atoms with Crippen molar-refractivity contribution in [3.05, 3.63) is 12.7 Å². The number of morpholine rings is 1. The lowest BCUT2D eigenvalue weighted by atomic mass is 10.1. The van der Waals surface area contributed by atoms with Crippen molar-refractivity contribution in [3.8, 4) is 0 Å². The highest BCUT2D eigenvalue weighted by molar-refractivity contribution is 5.86. The summed E-state index contributed by atoms with van der Waals surface area (Å²) < 4.78 is 5.33. The number of amides is 1. The van der Waals surface area contributed by atoms with Crippen molar-refractivity contribution >= 4 is 5.91 Å². The number of hydrogen-bond acceptors (Lipinski definition) is 3. The number of ether oxygens (including phenoxy) is 1. The number of carbonyl (C=O) groups is 1. The highest BCUT2D eigenvalue weighted by Crippen LogP contribution is 2.08. The summed E-state index contributed by atoms with van der Waals surface area (Å²) in [7, 11) is 0.